The minimum absolute atomic E-state index is 0.0277. The first-order valence-corrected chi connectivity index (χ1v) is 5.25. The van der Waals surface area contributed by atoms with E-state index in [1.807, 2.05) is 24.3 Å². The van der Waals surface area contributed by atoms with E-state index >= 15 is 0 Å². The number of nitrogens with zero attached hydrogens (tertiary/aromatic N) is 2. The molecule has 1 aromatic carbocycles. The Labute approximate surface area is 95.5 Å². The van der Waals surface area contributed by atoms with E-state index < -0.39 is 0 Å². The van der Waals surface area contributed by atoms with Crippen LogP contribution < -0.4 is 0 Å². The largest absolute Gasteiger partial charge is 0.321 e. The van der Waals surface area contributed by atoms with Crippen molar-refractivity contribution in [2.45, 2.75) is 6.54 Å². The molecule has 1 aliphatic rings. The summed E-state index contributed by atoms with van der Waals surface area (Å²) in [5.41, 5.74) is 1.76. The first kappa shape index (κ1) is 9.46. The van der Waals surface area contributed by atoms with Crippen molar-refractivity contribution in [2.24, 2.45) is 0 Å². The molecule has 0 aliphatic carbocycles. The van der Waals surface area contributed by atoms with Gasteiger partial charge in [0.25, 0.3) is 5.91 Å². The van der Waals surface area contributed by atoms with E-state index in [4.69, 9.17) is 5.26 Å². The van der Waals surface area contributed by atoms with E-state index in [1.165, 1.54) is 0 Å². The predicted molar refractivity (Wildman–Crippen MR) is 59.5 cm³/mol. The Morgan fingerprint density at radius 2 is 2.36 bits per heavy atom. The number of hydrogen-bond acceptors (Lipinski definition) is 2. The molecular weight excluding hydrogens is 291 g/mol. The molecule has 0 fully saturated rings. The molecule has 0 atom stereocenters. The van der Waals surface area contributed by atoms with Gasteiger partial charge >= 0.3 is 0 Å². The molecule has 4 heteroatoms. The van der Waals surface area contributed by atoms with Gasteiger partial charge in [-0.25, -0.2) is 0 Å². The van der Waals surface area contributed by atoms with Crippen LogP contribution in [0.5, 0.6) is 0 Å². The van der Waals surface area contributed by atoms with E-state index in [2.05, 4.69) is 22.6 Å². The molecule has 0 saturated heterocycles. The third-order valence-corrected chi connectivity index (χ3v) is 2.88. The number of fused-ring (bicyclic) bond motifs is 1. The second kappa shape index (κ2) is 3.58. The number of carbonyl (C=O) groups is 1. The van der Waals surface area contributed by atoms with Crippen LogP contribution in [0.1, 0.15) is 15.9 Å². The summed E-state index contributed by atoms with van der Waals surface area (Å²) < 4.78 is 1.05. The number of benzene rings is 1. The van der Waals surface area contributed by atoms with E-state index in [0.717, 1.165) is 14.7 Å². The van der Waals surface area contributed by atoms with Gasteiger partial charge in [-0.2, -0.15) is 5.26 Å². The van der Waals surface area contributed by atoms with Gasteiger partial charge in [-0.1, -0.05) is 6.07 Å². The van der Waals surface area contributed by atoms with Crippen LogP contribution in [0, 0.1) is 14.9 Å². The minimum Gasteiger partial charge on any atom is -0.321 e. The van der Waals surface area contributed by atoms with Gasteiger partial charge in [0, 0.05) is 15.7 Å². The number of hydrogen-bond donors (Lipinski definition) is 0. The van der Waals surface area contributed by atoms with Crippen LogP contribution in [0.2, 0.25) is 0 Å². The summed E-state index contributed by atoms with van der Waals surface area (Å²) in [5.74, 6) is -0.0277. The van der Waals surface area contributed by atoms with Crippen LogP contribution in [-0.2, 0) is 6.54 Å². The zero-order valence-electron chi connectivity index (χ0n) is 7.33. The number of amides is 1. The predicted octanol–water partition coefficient (Wildman–Crippen LogP) is 1.77. The fourth-order valence-electron chi connectivity index (χ4n) is 1.55. The Bertz CT molecular complexity index is 436. The smallest absolute Gasteiger partial charge is 0.255 e. The lowest BCUT2D eigenvalue weighted by Crippen LogP contribution is -2.23. The molecule has 1 amide bonds. The van der Waals surface area contributed by atoms with Gasteiger partial charge in [0.2, 0.25) is 0 Å². The summed E-state index contributed by atoms with van der Waals surface area (Å²) in [4.78, 5) is 13.3. The summed E-state index contributed by atoms with van der Waals surface area (Å²) >= 11 is 2.18. The third kappa shape index (κ3) is 1.48. The molecule has 2 rings (SSSR count). The maximum Gasteiger partial charge on any atom is 0.255 e. The van der Waals surface area contributed by atoms with Crippen molar-refractivity contribution in [3.63, 3.8) is 0 Å². The molecule has 1 aromatic rings. The SMILES string of the molecule is N#CCN1Cc2ccc(I)cc2C1=O. The molecule has 0 spiro atoms. The van der Waals surface area contributed by atoms with E-state index in [9.17, 15) is 4.79 Å². The number of halogens is 1. The molecule has 0 saturated carbocycles. The number of nitriles is 1. The fourth-order valence-corrected chi connectivity index (χ4v) is 2.04. The molecule has 0 N–H and O–H groups in total. The quantitative estimate of drug-likeness (QED) is 0.586. The topological polar surface area (TPSA) is 44.1 Å². The summed E-state index contributed by atoms with van der Waals surface area (Å²) in [6.45, 7) is 0.739. The summed E-state index contributed by atoms with van der Waals surface area (Å²) in [6.07, 6.45) is 0. The third-order valence-electron chi connectivity index (χ3n) is 2.21. The second-order valence-electron chi connectivity index (χ2n) is 3.12. The highest BCUT2D eigenvalue weighted by molar-refractivity contribution is 14.1. The Balaban J connectivity index is 2.37. The van der Waals surface area contributed by atoms with Crippen LogP contribution >= 0.6 is 22.6 Å². The van der Waals surface area contributed by atoms with Gasteiger partial charge in [0.1, 0.15) is 6.54 Å². The van der Waals surface area contributed by atoms with Gasteiger partial charge in [-0.05, 0) is 40.3 Å². The van der Waals surface area contributed by atoms with Gasteiger partial charge < -0.3 is 4.90 Å². The van der Waals surface area contributed by atoms with E-state index in [0.29, 0.717) is 6.54 Å². The van der Waals surface area contributed by atoms with Crippen molar-refractivity contribution in [1.82, 2.24) is 4.90 Å². The van der Waals surface area contributed by atoms with E-state index in [-0.39, 0.29) is 12.5 Å². The standard InChI is InChI=1S/C10H7IN2O/c11-8-2-1-7-6-13(4-3-12)10(14)9(7)5-8/h1-2,5H,4,6H2. The first-order valence-electron chi connectivity index (χ1n) is 4.17. The molecule has 0 aromatic heterocycles. The zero-order chi connectivity index (χ0) is 10.1. The van der Waals surface area contributed by atoms with Crippen LogP contribution in [0.15, 0.2) is 18.2 Å². The summed E-state index contributed by atoms with van der Waals surface area (Å²) in [5, 5.41) is 8.53. The minimum atomic E-state index is -0.0277. The average molecular weight is 298 g/mol. The molecule has 1 heterocycles. The normalized spacial score (nSPS) is 14.0. The molecule has 0 unspecified atom stereocenters. The highest BCUT2D eigenvalue weighted by atomic mass is 127. The van der Waals surface area contributed by atoms with Crippen molar-refractivity contribution in [2.75, 3.05) is 6.54 Å². The Morgan fingerprint density at radius 3 is 3.07 bits per heavy atom. The molecule has 70 valence electrons. The lowest BCUT2D eigenvalue weighted by Gasteiger charge is -2.08. The van der Waals surface area contributed by atoms with Crippen LogP contribution in [0.3, 0.4) is 0 Å². The van der Waals surface area contributed by atoms with Crippen LogP contribution in [-0.4, -0.2) is 17.4 Å². The molecule has 1 aliphatic heterocycles. The summed E-state index contributed by atoms with van der Waals surface area (Å²) in [7, 11) is 0. The highest BCUT2D eigenvalue weighted by Crippen LogP contribution is 2.23. The van der Waals surface area contributed by atoms with Gasteiger partial charge in [0.15, 0.2) is 0 Å². The van der Waals surface area contributed by atoms with Gasteiger partial charge in [-0.15, -0.1) is 0 Å². The molecule has 14 heavy (non-hydrogen) atoms. The van der Waals surface area contributed by atoms with Crippen molar-refractivity contribution >= 4 is 28.5 Å². The van der Waals surface area contributed by atoms with Crippen molar-refractivity contribution in [1.29, 1.82) is 5.26 Å². The molecular formula is C10H7IN2O. The van der Waals surface area contributed by atoms with Gasteiger partial charge in [-0.3, -0.25) is 4.79 Å². The Kier molecular flexibility index (Phi) is 2.42. The second-order valence-corrected chi connectivity index (χ2v) is 4.37. The highest BCUT2D eigenvalue weighted by Gasteiger charge is 2.26. The molecule has 0 bridgehead atoms. The maximum atomic E-state index is 11.7. The monoisotopic (exact) mass is 298 g/mol. The zero-order valence-corrected chi connectivity index (χ0v) is 9.48. The van der Waals surface area contributed by atoms with E-state index in [1.54, 1.807) is 4.90 Å². The number of carbonyl (C=O) groups excluding carboxylic acids is 1. The lowest BCUT2D eigenvalue weighted by atomic mass is 10.1. The lowest BCUT2D eigenvalue weighted by molar-refractivity contribution is 0.0798. The Hall–Kier alpha value is -1.09. The number of rotatable bonds is 1. The molecule has 0 radical (unpaired) electrons. The molecule has 3 nitrogen and oxygen atoms in total. The summed E-state index contributed by atoms with van der Waals surface area (Å²) in [6, 6.07) is 7.79. The van der Waals surface area contributed by atoms with Crippen molar-refractivity contribution < 1.29 is 4.79 Å². The average Bonchev–Trinajstić information content (AvgIpc) is 2.46. The van der Waals surface area contributed by atoms with Crippen LogP contribution in [0.25, 0.3) is 0 Å². The fraction of sp³-hybridized carbons (Fsp3) is 0.200. The van der Waals surface area contributed by atoms with Crippen molar-refractivity contribution in [3.05, 3.63) is 32.9 Å². The van der Waals surface area contributed by atoms with Crippen molar-refractivity contribution in [3.8, 4) is 6.07 Å². The first-order chi connectivity index (χ1) is 6.72. The maximum absolute atomic E-state index is 11.7. The van der Waals surface area contributed by atoms with Crippen LogP contribution in [0.4, 0.5) is 0 Å². The van der Waals surface area contributed by atoms with Gasteiger partial charge in [0.05, 0.1) is 6.07 Å². The Morgan fingerprint density at radius 1 is 1.57 bits per heavy atom.